The van der Waals surface area contributed by atoms with Gasteiger partial charge in [-0.2, -0.15) is 0 Å². The van der Waals surface area contributed by atoms with Crippen molar-refractivity contribution in [2.75, 3.05) is 42.1 Å². The molecule has 0 radical (unpaired) electrons. The number of sulfonamides is 1. The molecule has 5 rings (SSSR count). The van der Waals surface area contributed by atoms with Crippen LogP contribution < -0.4 is 25.4 Å². The molecule has 1 amide bonds. The van der Waals surface area contributed by atoms with E-state index in [4.69, 9.17) is 10.5 Å². The van der Waals surface area contributed by atoms with Crippen molar-refractivity contribution in [1.82, 2.24) is 15.3 Å². The lowest BCUT2D eigenvalue weighted by molar-refractivity contribution is -0.125. The van der Waals surface area contributed by atoms with Gasteiger partial charge in [0.2, 0.25) is 21.8 Å². The number of likely N-dealkylation sites (N-methyl/N-ethyl adjacent to an activating group) is 1. The number of carbonyl (C=O) groups is 1. The Hall–Kier alpha value is -3.06. The number of hydrogen-bond donors (Lipinski definition) is 3. The number of anilines is 2. The number of nitrogens with two attached hydrogens (primary N) is 1. The summed E-state index contributed by atoms with van der Waals surface area (Å²) in [5, 5.41) is 3.92. The van der Waals surface area contributed by atoms with E-state index in [1.165, 1.54) is 18.3 Å². The number of ether oxygens (including phenoxy) is 1. The first kappa shape index (κ1) is 29.9. The van der Waals surface area contributed by atoms with Crippen LogP contribution >= 0.6 is 12.4 Å². The maximum Gasteiger partial charge on any atom is 0.238 e. The molecule has 4 N–H and O–H groups in total. The lowest BCUT2D eigenvalue weighted by atomic mass is 9.64. The summed E-state index contributed by atoms with van der Waals surface area (Å²) in [7, 11) is -2.04. The summed E-state index contributed by atoms with van der Waals surface area (Å²) in [6, 6.07) is 4.79. The van der Waals surface area contributed by atoms with Crippen LogP contribution in [-0.2, 0) is 20.2 Å². The van der Waals surface area contributed by atoms with Crippen LogP contribution in [-0.4, -0.2) is 62.8 Å². The Morgan fingerprint density at radius 2 is 1.95 bits per heavy atom. The number of hydrogen-bond acceptors (Lipinski definition) is 8. The molecule has 2 aliphatic rings. The summed E-state index contributed by atoms with van der Waals surface area (Å²) < 4.78 is 48.8. The summed E-state index contributed by atoms with van der Waals surface area (Å²) in [5.41, 5.74) is 7.59. The van der Waals surface area contributed by atoms with Gasteiger partial charge in [0, 0.05) is 60.5 Å². The van der Waals surface area contributed by atoms with Crippen molar-refractivity contribution in [3.05, 3.63) is 42.0 Å². The molecule has 0 atom stereocenters. The van der Waals surface area contributed by atoms with Crippen molar-refractivity contribution in [3.63, 3.8) is 0 Å². The quantitative estimate of drug-likeness (QED) is 0.305. The van der Waals surface area contributed by atoms with Gasteiger partial charge in [-0.05, 0) is 25.0 Å². The molecular weight excluding hydrogens is 559 g/mol. The first-order chi connectivity index (χ1) is 18.6. The fourth-order valence-electron chi connectivity index (χ4n) is 5.37. The average Bonchev–Trinajstić information content (AvgIpc) is 3.09. The normalized spacial score (nSPS) is 15.8. The van der Waals surface area contributed by atoms with Crippen molar-refractivity contribution >= 4 is 50.6 Å². The van der Waals surface area contributed by atoms with E-state index in [2.05, 4.69) is 20.0 Å². The molecule has 1 saturated carbocycles. The zero-order chi connectivity index (χ0) is 27.9. The van der Waals surface area contributed by atoms with E-state index in [9.17, 15) is 13.2 Å². The summed E-state index contributed by atoms with van der Waals surface area (Å²) in [5.74, 6) is -0.718. The first-order valence-corrected chi connectivity index (χ1v) is 14.7. The summed E-state index contributed by atoms with van der Waals surface area (Å²) in [4.78, 5) is 23.6. The van der Waals surface area contributed by atoms with Crippen LogP contribution in [0.15, 0.2) is 30.6 Å². The van der Waals surface area contributed by atoms with Gasteiger partial charge >= 0.3 is 0 Å². The highest BCUT2D eigenvalue weighted by Gasteiger charge is 2.54. The maximum absolute atomic E-state index is 15.5. The number of aromatic nitrogens is 2. The number of rotatable bonds is 10. The van der Waals surface area contributed by atoms with Gasteiger partial charge in [0.05, 0.1) is 28.6 Å². The fraction of sp³-hybridized carbons (Fsp3) is 0.444. The summed E-state index contributed by atoms with van der Waals surface area (Å²) >= 11 is 0. The number of amides is 1. The Bertz CT molecular complexity index is 1550. The van der Waals surface area contributed by atoms with Crippen LogP contribution in [0.25, 0.3) is 22.0 Å². The van der Waals surface area contributed by atoms with E-state index < -0.39 is 21.3 Å². The van der Waals surface area contributed by atoms with E-state index in [1.807, 2.05) is 13.8 Å². The Kier molecular flexibility index (Phi) is 8.55. The third-order valence-electron chi connectivity index (χ3n) is 7.41. The van der Waals surface area contributed by atoms with Crippen LogP contribution in [0, 0.1) is 5.82 Å². The van der Waals surface area contributed by atoms with Gasteiger partial charge in [-0.25, -0.2) is 17.8 Å². The van der Waals surface area contributed by atoms with Crippen LogP contribution in [0.4, 0.5) is 15.8 Å². The van der Waals surface area contributed by atoms with E-state index >= 15 is 4.39 Å². The molecule has 1 aliphatic heterocycles. The Morgan fingerprint density at radius 1 is 1.20 bits per heavy atom. The number of pyridine rings is 2. The second-order valence-electron chi connectivity index (χ2n) is 10.4. The SMILES string of the molecule is CC(C)NCCOc1ncc(-c2cc3c4c(cnc3cc2F)N(C)C(=O)C42CCC2)cc1NS(=O)(=O)CCN.Cl. The molecule has 0 bridgehead atoms. The van der Waals surface area contributed by atoms with Crippen molar-refractivity contribution in [3.8, 4) is 17.0 Å². The number of nitrogens with one attached hydrogen (secondary N) is 2. The molecular formula is C27H34ClFN6O4S. The predicted octanol–water partition coefficient (Wildman–Crippen LogP) is 3.33. The third kappa shape index (κ3) is 5.32. The number of fused-ring (bicyclic) bond motifs is 4. The molecule has 0 saturated heterocycles. The minimum absolute atomic E-state index is 0. The van der Waals surface area contributed by atoms with E-state index in [-0.39, 0.29) is 60.4 Å². The topological polar surface area (TPSA) is 140 Å². The van der Waals surface area contributed by atoms with Gasteiger partial charge in [0.1, 0.15) is 18.1 Å². The van der Waals surface area contributed by atoms with Crippen molar-refractivity contribution < 1.29 is 22.3 Å². The molecule has 1 fully saturated rings. The van der Waals surface area contributed by atoms with Gasteiger partial charge in [0.15, 0.2) is 0 Å². The summed E-state index contributed by atoms with van der Waals surface area (Å²) in [6.07, 6.45) is 5.50. The smallest absolute Gasteiger partial charge is 0.238 e. The molecule has 3 heterocycles. The predicted molar refractivity (Wildman–Crippen MR) is 156 cm³/mol. The Morgan fingerprint density at radius 3 is 2.60 bits per heavy atom. The van der Waals surface area contributed by atoms with Crippen LogP contribution in [0.3, 0.4) is 0 Å². The van der Waals surface area contributed by atoms with Crippen LogP contribution in [0.1, 0.15) is 38.7 Å². The van der Waals surface area contributed by atoms with Gasteiger partial charge in [-0.3, -0.25) is 14.5 Å². The molecule has 3 aromatic rings. The number of benzene rings is 1. The maximum atomic E-state index is 15.5. The molecule has 40 heavy (non-hydrogen) atoms. The first-order valence-electron chi connectivity index (χ1n) is 13.0. The summed E-state index contributed by atoms with van der Waals surface area (Å²) in [6.45, 7) is 4.72. The number of carbonyl (C=O) groups excluding carboxylic acids is 1. The lowest BCUT2D eigenvalue weighted by Crippen LogP contribution is -2.43. The third-order valence-corrected chi connectivity index (χ3v) is 8.71. The van der Waals surface area contributed by atoms with Gasteiger partial charge in [0.25, 0.3) is 0 Å². The monoisotopic (exact) mass is 592 g/mol. The average molecular weight is 593 g/mol. The highest BCUT2D eigenvalue weighted by molar-refractivity contribution is 7.92. The van der Waals surface area contributed by atoms with E-state index in [1.54, 1.807) is 24.2 Å². The Balaban J connectivity index is 0.00000370. The van der Waals surface area contributed by atoms with Crippen molar-refractivity contribution in [2.24, 2.45) is 5.73 Å². The molecule has 10 nitrogen and oxygen atoms in total. The minimum atomic E-state index is -3.78. The molecule has 1 aromatic carbocycles. The molecule has 216 valence electrons. The molecule has 1 spiro atoms. The highest BCUT2D eigenvalue weighted by atomic mass is 35.5. The van der Waals surface area contributed by atoms with Crippen molar-refractivity contribution in [2.45, 2.75) is 44.6 Å². The van der Waals surface area contributed by atoms with E-state index in [0.29, 0.717) is 23.0 Å². The van der Waals surface area contributed by atoms with Crippen LogP contribution in [0.5, 0.6) is 5.88 Å². The zero-order valence-corrected chi connectivity index (χ0v) is 24.3. The van der Waals surface area contributed by atoms with Gasteiger partial charge < -0.3 is 20.7 Å². The highest BCUT2D eigenvalue weighted by Crippen LogP contribution is 2.55. The molecule has 1 aliphatic carbocycles. The number of halogens is 2. The fourth-order valence-corrected chi connectivity index (χ4v) is 6.26. The second-order valence-corrected chi connectivity index (χ2v) is 12.3. The van der Waals surface area contributed by atoms with Crippen molar-refractivity contribution in [1.29, 1.82) is 0 Å². The standard InChI is InChI=1S/C27H33FN6O4S.ClH/c1-16(2)30-8-9-38-25-22(33-39(36,37)10-7-29)11-17(14-32-25)18-12-19-21(13-20(18)28)31-15-23-24(19)27(5-4-6-27)26(35)34(23)3;/h11-16,30,33H,4-10,29H2,1-3H3;1H. The Labute approximate surface area is 239 Å². The zero-order valence-electron chi connectivity index (χ0n) is 22.7. The molecule has 13 heteroatoms. The minimum Gasteiger partial charge on any atom is -0.475 e. The second kappa shape index (κ2) is 11.4. The molecule has 0 unspecified atom stereocenters. The number of nitrogens with zero attached hydrogens (tertiary/aromatic N) is 3. The largest absolute Gasteiger partial charge is 0.475 e. The lowest BCUT2D eigenvalue weighted by Gasteiger charge is -2.37. The van der Waals surface area contributed by atoms with Crippen LogP contribution in [0.2, 0.25) is 0 Å². The van der Waals surface area contributed by atoms with Gasteiger partial charge in [-0.1, -0.05) is 20.3 Å². The van der Waals surface area contributed by atoms with E-state index in [0.717, 1.165) is 30.5 Å². The molecule has 2 aromatic heterocycles. The van der Waals surface area contributed by atoms with Gasteiger partial charge in [-0.15, -0.1) is 12.4 Å².